The van der Waals surface area contributed by atoms with Gasteiger partial charge in [0.05, 0.1) is 10.8 Å². The lowest BCUT2D eigenvalue weighted by Crippen LogP contribution is -2.35. The number of nitrogens with zero attached hydrogens (tertiary/aromatic N) is 1. The maximum atomic E-state index is 6.10. The first kappa shape index (κ1) is 15.2. The van der Waals surface area contributed by atoms with Gasteiger partial charge < -0.3 is 11.5 Å². The second kappa shape index (κ2) is 5.94. The summed E-state index contributed by atoms with van der Waals surface area (Å²) < 4.78 is 3.13. The largest absolute Gasteiger partial charge is 0.399 e. The van der Waals surface area contributed by atoms with Crippen LogP contribution in [0.1, 0.15) is 0 Å². The summed E-state index contributed by atoms with van der Waals surface area (Å²) in [4.78, 5) is 0. The molecule has 0 radical (unpaired) electrons. The van der Waals surface area contributed by atoms with E-state index >= 15 is 0 Å². The lowest BCUT2D eigenvalue weighted by atomic mass is 9.98. The van der Waals surface area contributed by atoms with Crippen LogP contribution in [0.2, 0.25) is 0 Å². The Balaban J connectivity index is 2.27. The number of aromatic nitrogens is 1. The number of halogens is 1. The van der Waals surface area contributed by atoms with Crippen LogP contribution >= 0.6 is 22.6 Å². The Morgan fingerprint density at radius 3 is 2.12 bits per heavy atom. The number of benzene rings is 3. The first-order chi connectivity index (χ1) is 11.7. The van der Waals surface area contributed by atoms with Crippen molar-refractivity contribution in [3.63, 3.8) is 0 Å². The van der Waals surface area contributed by atoms with Gasteiger partial charge in [-0.2, -0.15) is 4.57 Å². The highest BCUT2D eigenvalue weighted by atomic mass is 127. The van der Waals surface area contributed by atoms with Crippen LogP contribution in [0.25, 0.3) is 32.9 Å². The van der Waals surface area contributed by atoms with E-state index in [9.17, 15) is 0 Å². The molecule has 4 aromatic rings. The maximum Gasteiger partial charge on any atom is 0.221 e. The van der Waals surface area contributed by atoms with Crippen molar-refractivity contribution in [2.75, 3.05) is 11.5 Å². The Kier molecular flexibility index (Phi) is 3.76. The van der Waals surface area contributed by atoms with Crippen LogP contribution < -0.4 is 16.0 Å². The highest BCUT2D eigenvalue weighted by molar-refractivity contribution is 14.1. The van der Waals surface area contributed by atoms with Gasteiger partial charge >= 0.3 is 0 Å². The topological polar surface area (TPSA) is 55.9 Å². The van der Waals surface area contributed by atoms with Crippen molar-refractivity contribution in [2.45, 2.75) is 4.55 Å². The minimum Gasteiger partial charge on any atom is -0.399 e. The third kappa shape index (κ3) is 2.38. The molecule has 24 heavy (non-hydrogen) atoms. The van der Waals surface area contributed by atoms with Gasteiger partial charge in [-0.15, -0.1) is 0 Å². The van der Waals surface area contributed by atoms with E-state index in [0.717, 1.165) is 26.8 Å². The first-order valence-corrected chi connectivity index (χ1v) is 9.27. The van der Waals surface area contributed by atoms with Gasteiger partial charge in [-0.25, -0.2) is 0 Å². The fourth-order valence-electron chi connectivity index (χ4n) is 3.29. The number of alkyl halides is 1. The van der Waals surface area contributed by atoms with Crippen LogP contribution in [0.15, 0.2) is 66.7 Å². The number of hydrogen-bond acceptors (Lipinski definition) is 2. The van der Waals surface area contributed by atoms with Crippen LogP contribution in [0.3, 0.4) is 0 Å². The molecule has 3 nitrogen and oxygen atoms in total. The third-order valence-corrected chi connectivity index (χ3v) is 5.02. The molecule has 3 aromatic carbocycles. The zero-order chi connectivity index (χ0) is 16.7. The maximum absolute atomic E-state index is 6.10. The number of nitrogen functional groups attached to an aromatic ring is 2. The Bertz CT molecular complexity index is 1060. The standard InChI is InChI=1S/C20H16IN3/c21-12-24-19-11-15(23)7-9-17(19)16-8-6-14(22)10-18(16)20(24)13-4-2-1-3-5-13/h1-11,23H,12,22H2/p+1. The molecule has 1 aromatic heterocycles. The Morgan fingerprint density at radius 2 is 1.42 bits per heavy atom. The molecular formula is C20H17IN3+. The van der Waals surface area contributed by atoms with E-state index in [1.165, 1.54) is 22.0 Å². The Hall–Kier alpha value is -2.34. The van der Waals surface area contributed by atoms with Crippen molar-refractivity contribution in [3.8, 4) is 11.3 Å². The van der Waals surface area contributed by atoms with E-state index in [1.807, 2.05) is 18.2 Å². The molecule has 0 saturated heterocycles. The van der Waals surface area contributed by atoms with Gasteiger partial charge in [0, 0.05) is 28.4 Å². The van der Waals surface area contributed by atoms with Crippen molar-refractivity contribution in [1.29, 1.82) is 0 Å². The molecule has 0 fully saturated rings. The van der Waals surface area contributed by atoms with Gasteiger partial charge in [0.1, 0.15) is 0 Å². The molecule has 0 atom stereocenters. The van der Waals surface area contributed by atoms with E-state index < -0.39 is 0 Å². The molecule has 0 aliphatic rings. The van der Waals surface area contributed by atoms with Gasteiger partial charge in [-0.05, 0) is 59.0 Å². The van der Waals surface area contributed by atoms with Crippen molar-refractivity contribution >= 4 is 55.6 Å². The zero-order valence-electron chi connectivity index (χ0n) is 13.0. The number of hydrogen-bond donors (Lipinski definition) is 2. The normalized spacial score (nSPS) is 11.2. The highest BCUT2D eigenvalue weighted by Gasteiger charge is 2.22. The number of anilines is 2. The Morgan fingerprint density at radius 1 is 0.750 bits per heavy atom. The van der Waals surface area contributed by atoms with E-state index in [0.29, 0.717) is 0 Å². The van der Waals surface area contributed by atoms with Crippen molar-refractivity contribution < 1.29 is 4.57 Å². The monoisotopic (exact) mass is 426 g/mol. The molecule has 0 amide bonds. The summed E-state index contributed by atoms with van der Waals surface area (Å²) in [6.45, 7) is 0. The molecule has 0 unspecified atom stereocenters. The lowest BCUT2D eigenvalue weighted by Gasteiger charge is -2.11. The quantitative estimate of drug-likeness (QED) is 0.163. The predicted molar refractivity (Wildman–Crippen MR) is 110 cm³/mol. The van der Waals surface area contributed by atoms with Crippen LogP contribution in [-0.4, -0.2) is 0 Å². The second-order valence-corrected chi connectivity index (χ2v) is 6.53. The molecule has 4 N–H and O–H groups in total. The fourth-order valence-corrected chi connectivity index (χ4v) is 4.00. The van der Waals surface area contributed by atoms with Crippen LogP contribution in [-0.2, 0) is 4.55 Å². The average molecular weight is 426 g/mol. The zero-order valence-corrected chi connectivity index (χ0v) is 15.2. The summed E-state index contributed by atoms with van der Waals surface area (Å²) in [5.74, 6) is 0. The third-order valence-electron chi connectivity index (χ3n) is 4.34. The van der Waals surface area contributed by atoms with Crippen LogP contribution in [0, 0.1) is 0 Å². The van der Waals surface area contributed by atoms with Crippen molar-refractivity contribution in [1.82, 2.24) is 0 Å². The summed E-state index contributed by atoms with van der Waals surface area (Å²) in [6.07, 6.45) is 0. The molecule has 118 valence electrons. The van der Waals surface area contributed by atoms with Crippen molar-refractivity contribution in [3.05, 3.63) is 66.7 Å². The van der Waals surface area contributed by atoms with Crippen LogP contribution in [0.4, 0.5) is 11.4 Å². The number of pyridine rings is 1. The molecule has 0 spiro atoms. The van der Waals surface area contributed by atoms with E-state index in [-0.39, 0.29) is 0 Å². The molecule has 4 heteroatoms. The van der Waals surface area contributed by atoms with Gasteiger partial charge in [-0.3, -0.25) is 0 Å². The van der Waals surface area contributed by atoms with Gasteiger partial charge in [0.2, 0.25) is 11.2 Å². The number of nitrogens with two attached hydrogens (primary N) is 2. The smallest absolute Gasteiger partial charge is 0.221 e. The molecule has 0 saturated carbocycles. The molecule has 0 aliphatic heterocycles. The SMILES string of the molecule is Nc1ccc2c(c1)c(-c1ccccc1)[n+](CI)c1cc(N)ccc21. The number of rotatable bonds is 2. The predicted octanol–water partition coefficient (Wildman–Crippen LogP) is 4.50. The summed E-state index contributed by atoms with van der Waals surface area (Å²) in [7, 11) is 0. The summed E-state index contributed by atoms with van der Waals surface area (Å²) >= 11 is 2.40. The van der Waals surface area contributed by atoms with Gasteiger partial charge in [-0.1, -0.05) is 24.3 Å². The molecule has 1 heterocycles. The van der Waals surface area contributed by atoms with E-state index in [4.69, 9.17) is 11.5 Å². The molecule has 0 aliphatic carbocycles. The fraction of sp³-hybridized carbons (Fsp3) is 0.0500. The van der Waals surface area contributed by atoms with Gasteiger partial charge in [0.25, 0.3) is 0 Å². The first-order valence-electron chi connectivity index (χ1n) is 7.74. The van der Waals surface area contributed by atoms with Gasteiger partial charge in [0.15, 0.2) is 4.55 Å². The Labute approximate surface area is 154 Å². The van der Waals surface area contributed by atoms with Crippen molar-refractivity contribution in [2.24, 2.45) is 0 Å². The minimum absolute atomic E-state index is 0.773. The minimum atomic E-state index is 0.773. The molecular weight excluding hydrogens is 409 g/mol. The second-order valence-electron chi connectivity index (χ2n) is 5.84. The summed E-state index contributed by atoms with van der Waals surface area (Å²) in [6, 6.07) is 22.7. The lowest BCUT2D eigenvalue weighted by molar-refractivity contribution is -0.631. The average Bonchev–Trinajstić information content (AvgIpc) is 2.61. The molecule has 4 rings (SSSR count). The van der Waals surface area contributed by atoms with E-state index in [1.54, 1.807) is 0 Å². The highest BCUT2D eigenvalue weighted by Crippen LogP contribution is 2.33. The number of fused-ring (bicyclic) bond motifs is 3. The summed E-state index contributed by atoms with van der Waals surface area (Å²) in [5, 5.41) is 3.55. The summed E-state index contributed by atoms with van der Waals surface area (Å²) in [5.41, 5.74) is 17.2. The molecule has 0 bridgehead atoms. The van der Waals surface area contributed by atoms with E-state index in [2.05, 4.69) is 75.7 Å². The van der Waals surface area contributed by atoms with Crippen LogP contribution in [0.5, 0.6) is 0 Å².